The van der Waals surface area contributed by atoms with Crippen molar-refractivity contribution < 1.29 is 4.74 Å². The highest BCUT2D eigenvalue weighted by Gasteiger charge is 2.58. The topological polar surface area (TPSA) is 28.1 Å². The predicted molar refractivity (Wildman–Crippen MR) is 149 cm³/mol. The Bertz CT molecular complexity index is 1530. The zero-order chi connectivity index (χ0) is 25.2. The van der Waals surface area contributed by atoms with Crippen LogP contribution in [0.1, 0.15) is 43.0 Å². The Kier molecular flexibility index (Phi) is 4.80. The minimum absolute atomic E-state index is 0.0992. The van der Waals surface area contributed by atoms with Gasteiger partial charge in [-0.3, -0.25) is 4.99 Å². The highest BCUT2D eigenvalue weighted by atomic mass is 16.5. The molecule has 184 valence electrons. The monoisotopic (exact) mass is 485 g/mol. The molecular formula is C33H31N3O. The summed E-state index contributed by atoms with van der Waals surface area (Å²) in [4.78, 5) is 9.84. The van der Waals surface area contributed by atoms with Crippen LogP contribution in [0.3, 0.4) is 0 Å². The third-order valence-corrected chi connectivity index (χ3v) is 8.71. The van der Waals surface area contributed by atoms with Crippen LogP contribution in [-0.2, 0) is 16.6 Å². The first kappa shape index (κ1) is 22.2. The van der Waals surface area contributed by atoms with Crippen LogP contribution in [0.4, 0.5) is 5.69 Å². The number of allylic oxidation sites excluding steroid dienone is 6. The van der Waals surface area contributed by atoms with Crippen molar-refractivity contribution in [2.45, 2.75) is 43.9 Å². The molecule has 3 aliphatic heterocycles. The number of ether oxygens (including phenoxy) is 1. The van der Waals surface area contributed by atoms with Crippen molar-refractivity contribution in [3.05, 3.63) is 130 Å². The van der Waals surface area contributed by atoms with Gasteiger partial charge in [0.25, 0.3) is 0 Å². The van der Waals surface area contributed by atoms with Gasteiger partial charge in [0.2, 0.25) is 5.72 Å². The molecule has 0 bridgehead atoms. The largest absolute Gasteiger partial charge is 0.460 e. The molecule has 7 rings (SSSR count). The fourth-order valence-electron chi connectivity index (χ4n) is 6.62. The molecule has 2 aliphatic carbocycles. The second-order valence-electron chi connectivity index (χ2n) is 10.9. The Morgan fingerprint density at radius 3 is 2.78 bits per heavy atom. The maximum atomic E-state index is 7.04. The first-order valence-corrected chi connectivity index (χ1v) is 13.2. The van der Waals surface area contributed by atoms with Gasteiger partial charge in [-0.05, 0) is 60.8 Å². The average Bonchev–Trinajstić information content (AvgIpc) is 3.23. The molecule has 1 saturated heterocycles. The Labute approximate surface area is 219 Å². The minimum atomic E-state index is -0.685. The lowest BCUT2D eigenvalue weighted by molar-refractivity contribution is 0.0202. The lowest BCUT2D eigenvalue weighted by Crippen LogP contribution is -2.58. The number of fused-ring (bicyclic) bond motifs is 3. The molecule has 0 saturated carbocycles. The van der Waals surface area contributed by atoms with Crippen molar-refractivity contribution in [2.75, 3.05) is 18.5 Å². The minimum Gasteiger partial charge on any atom is -0.460 e. The van der Waals surface area contributed by atoms with Crippen molar-refractivity contribution in [1.82, 2.24) is 4.90 Å². The second-order valence-corrected chi connectivity index (χ2v) is 10.9. The summed E-state index contributed by atoms with van der Waals surface area (Å²) >= 11 is 0. The molecule has 0 radical (unpaired) electrons. The summed E-state index contributed by atoms with van der Waals surface area (Å²) in [7, 11) is 2.12. The van der Waals surface area contributed by atoms with Gasteiger partial charge in [-0.2, -0.15) is 0 Å². The molecule has 37 heavy (non-hydrogen) atoms. The summed E-state index contributed by atoms with van der Waals surface area (Å²) < 4.78 is 7.04. The van der Waals surface area contributed by atoms with Crippen molar-refractivity contribution >= 4 is 11.9 Å². The van der Waals surface area contributed by atoms with E-state index in [9.17, 15) is 0 Å². The van der Waals surface area contributed by atoms with E-state index in [2.05, 4.69) is 115 Å². The van der Waals surface area contributed by atoms with Crippen molar-refractivity contribution in [1.29, 1.82) is 0 Å². The molecule has 3 heterocycles. The van der Waals surface area contributed by atoms with Crippen molar-refractivity contribution in [3.8, 4) is 0 Å². The molecule has 4 nitrogen and oxygen atoms in total. The molecule has 0 amide bonds. The maximum absolute atomic E-state index is 7.04. The van der Waals surface area contributed by atoms with Gasteiger partial charge in [-0.25, -0.2) is 0 Å². The van der Waals surface area contributed by atoms with Gasteiger partial charge >= 0.3 is 0 Å². The van der Waals surface area contributed by atoms with Crippen LogP contribution in [0, 0.1) is 0 Å². The second kappa shape index (κ2) is 7.99. The number of benzene rings is 2. The fraction of sp³-hybridized carbons (Fsp3) is 0.273. The number of hydrogen-bond donors (Lipinski definition) is 0. The Balaban J connectivity index is 1.32. The highest BCUT2D eigenvalue weighted by Crippen LogP contribution is 2.53. The van der Waals surface area contributed by atoms with Gasteiger partial charge in [-0.1, -0.05) is 72.5 Å². The normalized spacial score (nSPS) is 26.5. The smallest absolute Gasteiger partial charge is 0.228 e. The first-order valence-electron chi connectivity index (χ1n) is 13.2. The number of nitrogens with zero attached hydrogens (tertiary/aromatic N) is 3. The van der Waals surface area contributed by atoms with Crippen LogP contribution in [0.25, 0.3) is 0 Å². The van der Waals surface area contributed by atoms with Gasteiger partial charge < -0.3 is 14.5 Å². The van der Waals surface area contributed by atoms with E-state index in [0.717, 1.165) is 30.8 Å². The van der Waals surface area contributed by atoms with E-state index in [1.165, 1.54) is 33.6 Å². The van der Waals surface area contributed by atoms with Crippen LogP contribution in [0.5, 0.6) is 0 Å². The quantitative estimate of drug-likeness (QED) is 0.431. The molecule has 2 atom stereocenters. The summed E-state index contributed by atoms with van der Waals surface area (Å²) in [5.74, 6) is 0.858. The molecule has 1 spiro atoms. The zero-order valence-corrected chi connectivity index (χ0v) is 21.6. The van der Waals surface area contributed by atoms with E-state index in [-0.39, 0.29) is 11.5 Å². The van der Waals surface area contributed by atoms with Crippen molar-refractivity contribution in [3.63, 3.8) is 0 Å². The summed E-state index contributed by atoms with van der Waals surface area (Å²) in [5, 5.41) is 0. The third kappa shape index (κ3) is 3.12. The van der Waals surface area contributed by atoms with Gasteiger partial charge in [0.05, 0.1) is 29.1 Å². The molecule has 2 aromatic rings. The molecule has 5 aliphatic rings. The standard InChI is InChI=1S/C33H31N3O/c1-32(2)26-14-9-10-16-30(26)35(3)33(32)22-34-27-21-24-12-7-8-13-25(24)29(17-18-31(27)37-33)36-20-19-23-11-5-4-6-15-28(23)36/h4-14,16-18,22,29H,19-21H2,1-3H3. The summed E-state index contributed by atoms with van der Waals surface area (Å²) in [5.41, 5.74) is 11.2. The number of hydrogen-bond acceptors (Lipinski definition) is 4. The number of likely N-dealkylation sites (tertiary alicyclic amines) is 1. The SMILES string of the molecule is CN1c2ccccc2C(C)(C)C12C=NC1=C(C=CC(N3CCC4=CC=CC=C=C43)c3ccccc3C1)O2. The average molecular weight is 486 g/mol. The van der Waals surface area contributed by atoms with Crippen LogP contribution < -0.4 is 4.90 Å². The molecule has 0 aromatic heterocycles. The molecule has 4 heteroatoms. The number of likely N-dealkylation sites (N-methyl/N-ethyl adjacent to an activating group) is 1. The summed E-state index contributed by atoms with van der Waals surface area (Å²) in [6, 6.07) is 17.5. The van der Waals surface area contributed by atoms with E-state index in [0.29, 0.717) is 0 Å². The van der Waals surface area contributed by atoms with Gasteiger partial charge in [0.15, 0.2) is 0 Å². The zero-order valence-electron chi connectivity index (χ0n) is 21.6. The van der Waals surface area contributed by atoms with Crippen LogP contribution in [0.2, 0.25) is 0 Å². The van der Waals surface area contributed by atoms with Gasteiger partial charge in [0.1, 0.15) is 5.76 Å². The highest BCUT2D eigenvalue weighted by molar-refractivity contribution is 5.85. The first-order chi connectivity index (χ1) is 18.0. The fourth-order valence-corrected chi connectivity index (χ4v) is 6.62. The molecule has 1 fully saturated rings. The van der Waals surface area contributed by atoms with E-state index < -0.39 is 5.72 Å². The lowest BCUT2D eigenvalue weighted by Gasteiger charge is -2.45. The van der Waals surface area contributed by atoms with Crippen LogP contribution in [0.15, 0.2) is 118 Å². The Morgan fingerprint density at radius 1 is 1.05 bits per heavy atom. The van der Waals surface area contributed by atoms with Crippen LogP contribution >= 0.6 is 0 Å². The Hall–Kier alpha value is -4.01. The molecular weight excluding hydrogens is 454 g/mol. The van der Waals surface area contributed by atoms with E-state index >= 15 is 0 Å². The number of anilines is 1. The molecule has 2 unspecified atom stereocenters. The lowest BCUT2D eigenvalue weighted by atomic mass is 9.77. The number of rotatable bonds is 1. The molecule has 0 N–H and O–H groups in total. The van der Waals surface area contributed by atoms with E-state index in [4.69, 9.17) is 9.73 Å². The predicted octanol–water partition coefficient (Wildman–Crippen LogP) is 6.52. The van der Waals surface area contributed by atoms with Crippen LogP contribution in [-0.4, -0.2) is 30.4 Å². The number of aliphatic imine (C=N–C) groups is 1. The third-order valence-electron chi connectivity index (χ3n) is 8.71. The van der Waals surface area contributed by atoms with Gasteiger partial charge in [-0.15, -0.1) is 0 Å². The maximum Gasteiger partial charge on any atom is 0.228 e. The van der Waals surface area contributed by atoms with E-state index in [1.54, 1.807) is 0 Å². The van der Waals surface area contributed by atoms with Crippen molar-refractivity contribution in [2.24, 2.45) is 4.99 Å². The Morgan fingerprint density at radius 2 is 1.89 bits per heavy atom. The molecule has 2 aromatic carbocycles. The van der Waals surface area contributed by atoms with E-state index in [1.807, 2.05) is 12.3 Å². The van der Waals surface area contributed by atoms with Gasteiger partial charge in [0, 0.05) is 25.7 Å². The summed E-state index contributed by atoms with van der Waals surface area (Å²) in [6.45, 7) is 5.49. The summed E-state index contributed by atoms with van der Waals surface area (Å²) in [6.07, 6.45) is 16.7. The number of para-hydroxylation sites is 1.